The third-order valence-corrected chi connectivity index (χ3v) is 1.49. The van der Waals surface area contributed by atoms with E-state index in [2.05, 4.69) is 5.32 Å². The van der Waals surface area contributed by atoms with Crippen LogP contribution in [0.15, 0.2) is 24.3 Å². The molecule has 1 rings (SSSR count). The summed E-state index contributed by atoms with van der Waals surface area (Å²) in [7, 11) is 0. The van der Waals surface area contributed by atoms with Gasteiger partial charge in [-0.1, -0.05) is 11.6 Å². The van der Waals surface area contributed by atoms with Crippen molar-refractivity contribution >= 4 is 36.0 Å². The standard InChI is InChI=1S/C8H8ClNO.ClH/c9-7-1-3-8(4-2-7)10-5-6-11;/h1-4,6,10H,5H2;1H. The second-order valence-corrected chi connectivity index (χ2v) is 2.49. The normalized spacial score (nSPS) is 8.42. The van der Waals surface area contributed by atoms with Gasteiger partial charge in [-0.2, -0.15) is 0 Å². The van der Waals surface area contributed by atoms with Crippen molar-refractivity contribution in [3.8, 4) is 0 Å². The van der Waals surface area contributed by atoms with Gasteiger partial charge in [0, 0.05) is 10.7 Å². The summed E-state index contributed by atoms with van der Waals surface area (Å²) in [5, 5.41) is 3.59. The number of carbonyl (C=O) groups is 1. The summed E-state index contributed by atoms with van der Waals surface area (Å²) in [6.07, 6.45) is 0.814. The summed E-state index contributed by atoms with van der Waals surface area (Å²) in [4.78, 5) is 9.96. The molecule has 0 saturated carbocycles. The molecule has 0 aromatic heterocycles. The third-order valence-electron chi connectivity index (χ3n) is 1.23. The average Bonchev–Trinajstić information content (AvgIpc) is 2.04. The highest BCUT2D eigenvalue weighted by Gasteiger charge is 1.89. The van der Waals surface area contributed by atoms with Crippen LogP contribution < -0.4 is 5.32 Å². The van der Waals surface area contributed by atoms with Crippen molar-refractivity contribution in [3.63, 3.8) is 0 Å². The molecule has 66 valence electrons. The lowest BCUT2D eigenvalue weighted by molar-refractivity contribution is -0.106. The summed E-state index contributed by atoms with van der Waals surface area (Å²) in [6, 6.07) is 7.20. The molecule has 0 amide bonds. The zero-order valence-electron chi connectivity index (χ0n) is 6.29. The number of rotatable bonds is 3. The van der Waals surface area contributed by atoms with Crippen molar-refractivity contribution in [1.82, 2.24) is 0 Å². The molecule has 0 aliphatic heterocycles. The maximum atomic E-state index is 9.96. The van der Waals surface area contributed by atoms with Crippen LogP contribution >= 0.6 is 24.0 Å². The van der Waals surface area contributed by atoms with E-state index in [1.807, 2.05) is 12.1 Å². The van der Waals surface area contributed by atoms with Crippen LogP contribution in [-0.4, -0.2) is 12.8 Å². The second-order valence-electron chi connectivity index (χ2n) is 2.05. The molecule has 0 aliphatic rings. The van der Waals surface area contributed by atoms with Gasteiger partial charge in [0.25, 0.3) is 0 Å². The minimum atomic E-state index is 0. The number of hydrogen-bond donors (Lipinski definition) is 1. The Bertz CT molecular complexity index is 235. The summed E-state index contributed by atoms with van der Waals surface area (Å²) in [5.74, 6) is 0. The summed E-state index contributed by atoms with van der Waals surface area (Å²) in [6.45, 7) is 0.335. The summed E-state index contributed by atoms with van der Waals surface area (Å²) >= 11 is 5.65. The predicted octanol–water partition coefficient (Wildman–Crippen LogP) is 2.37. The lowest BCUT2D eigenvalue weighted by Gasteiger charge is -2.00. The fraction of sp³-hybridized carbons (Fsp3) is 0.125. The highest BCUT2D eigenvalue weighted by atomic mass is 35.5. The number of anilines is 1. The molecule has 4 heteroatoms. The topological polar surface area (TPSA) is 29.1 Å². The minimum Gasteiger partial charge on any atom is -0.378 e. The van der Waals surface area contributed by atoms with Gasteiger partial charge in [0.1, 0.15) is 6.29 Å². The van der Waals surface area contributed by atoms with Crippen LogP contribution in [0.4, 0.5) is 5.69 Å². The molecular formula is C8H9Cl2NO. The Kier molecular flexibility index (Phi) is 5.51. The van der Waals surface area contributed by atoms with Crippen LogP contribution in [0.25, 0.3) is 0 Å². The second kappa shape index (κ2) is 5.86. The summed E-state index contributed by atoms with van der Waals surface area (Å²) in [5.41, 5.74) is 0.904. The quantitative estimate of drug-likeness (QED) is 0.769. The lowest BCUT2D eigenvalue weighted by Crippen LogP contribution is -2.01. The van der Waals surface area contributed by atoms with Crippen molar-refractivity contribution < 1.29 is 4.79 Å². The van der Waals surface area contributed by atoms with E-state index in [0.29, 0.717) is 11.6 Å². The smallest absolute Gasteiger partial charge is 0.139 e. The molecule has 0 saturated heterocycles. The van der Waals surface area contributed by atoms with E-state index >= 15 is 0 Å². The van der Waals surface area contributed by atoms with Crippen LogP contribution in [0.5, 0.6) is 0 Å². The Labute approximate surface area is 82.3 Å². The zero-order chi connectivity index (χ0) is 8.10. The molecule has 2 nitrogen and oxygen atoms in total. The van der Waals surface area contributed by atoms with Crippen molar-refractivity contribution in [2.75, 3.05) is 11.9 Å². The fourth-order valence-electron chi connectivity index (χ4n) is 0.727. The van der Waals surface area contributed by atoms with Gasteiger partial charge in [0.2, 0.25) is 0 Å². The van der Waals surface area contributed by atoms with E-state index in [1.54, 1.807) is 12.1 Å². The van der Waals surface area contributed by atoms with Crippen LogP contribution in [0.1, 0.15) is 0 Å². The molecule has 12 heavy (non-hydrogen) atoms. The average molecular weight is 206 g/mol. The third kappa shape index (κ3) is 3.60. The van der Waals surface area contributed by atoms with Crippen LogP contribution in [0, 0.1) is 0 Å². The number of carbonyl (C=O) groups excluding carboxylic acids is 1. The number of aldehydes is 1. The minimum absolute atomic E-state index is 0. The maximum Gasteiger partial charge on any atom is 0.139 e. The van der Waals surface area contributed by atoms with E-state index in [-0.39, 0.29) is 12.4 Å². The SMILES string of the molecule is Cl.O=CCNc1ccc(Cl)cc1. The van der Waals surface area contributed by atoms with Gasteiger partial charge >= 0.3 is 0 Å². The van der Waals surface area contributed by atoms with Gasteiger partial charge in [0.05, 0.1) is 6.54 Å². The maximum absolute atomic E-state index is 9.96. The molecule has 0 unspecified atom stereocenters. The van der Waals surface area contributed by atoms with E-state index in [1.165, 1.54) is 0 Å². The van der Waals surface area contributed by atoms with Gasteiger partial charge in [-0.05, 0) is 24.3 Å². The van der Waals surface area contributed by atoms with Gasteiger partial charge in [-0.15, -0.1) is 12.4 Å². The Morgan fingerprint density at radius 3 is 2.42 bits per heavy atom. The first-order valence-corrected chi connectivity index (χ1v) is 3.64. The van der Waals surface area contributed by atoms with Crippen molar-refractivity contribution in [1.29, 1.82) is 0 Å². The first-order valence-electron chi connectivity index (χ1n) is 3.26. The van der Waals surface area contributed by atoms with Crippen molar-refractivity contribution in [2.24, 2.45) is 0 Å². The predicted molar refractivity (Wildman–Crippen MR) is 53.3 cm³/mol. The number of benzene rings is 1. The van der Waals surface area contributed by atoms with Crippen molar-refractivity contribution in [2.45, 2.75) is 0 Å². The van der Waals surface area contributed by atoms with Crippen LogP contribution in [0.3, 0.4) is 0 Å². The van der Waals surface area contributed by atoms with Gasteiger partial charge < -0.3 is 10.1 Å². The van der Waals surface area contributed by atoms with E-state index in [4.69, 9.17) is 11.6 Å². The molecule has 0 heterocycles. The number of nitrogens with one attached hydrogen (secondary N) is 1. The fourth-order valence-corrected chi connectivity index (χ4v) is 0.853. The molecule has 1 aromatic carbocycles. The molecule has 1 aromatic rings. The summed E-state index contributed by atoms with van der Waals surface area (Å²) < 4.78 is 0. The van der Waals surface area contributed by atoms with Gasteiger partial charge in [0.15, 0.2) is 0 Å². The van der Waals surface area contributed by atoms with E-state index < -0.39 is 0 Å². The van der Waals surface area contributed by atoms with Crippen LogP contribution in [0.2, 0.25) is 5.02 Å². The Hall–Kier alpha value is -0.730. The molecular weight excluding hydrogens is 197 g/mol. The van der Waals surface area contributed by atoms with Gasteiger partial charge in [-0.3, -0.25) is 0 Å². The van der Waals surface area contributed by atoms with Crippen molar-refractivity contribution in [3.05, 3.63) is 29.3 Å². The molecule has 0 atom stereocenters. The Morgan fingerprint density at radius 2 is 1.92 bits per heavy atom. The molecule has 0 spiro atoms. The largest absolute Gasteiger partial charge is 0.378 e. The zero-order valence-corrected chi connectivity index (χ0v) is 7.86. The number of halogens is 2. The number of hydrogen-bond acceptors (Lipinski definition) is 2. The first kappa shape index (κ1) is 11.3. The lowest BCUT2D eigenvalue weighted by atomic mass is 10.3. The molecule has 0 aliphatic carbocycles. The highest BCUT2D eigenvalue weighted by molar-refractivity contribution is 6.30. The highest BCUT2D eigenvalue weighted by Crippen LogP contribution is 2.12. The Balaban J connectivity index is 0.00000121. The molecule has 0 bridgehead atoms. The molecule has 1 N–H and O–H groups in total. The van der Waals surface area contributed by atoms with Crippen LogP contribution in [-0.2, 0) is 4.79 Å². The molecule has 0 fully saturated rings. The first-order chi connectivity index (χ1) is 5.33. The Morgan fingerprint density at radius 1 is 1.33 bits per heavy atom. The van der Waals surface area contributed by atoms with E-state index in [9.17, 15) is 4.79 Å². The molecule has 0 radical (unpaired) electrons. The van der Waals surface area contributed by atoms with Gasteiger partial charge in [-0.25, -0.2) is 0 Å². The van der Waals surface area contributed by atoms with E-state index in [0.717, 1.165) is 12.0 Å². The monoisotopic (exact) mass is 205 g/mol.